The number of aryl methyl sites for hydroxylation is 2. The molecule has 1 aromatic carbocycles. The fourth-order valence-corrected chi connectivity index (χ4v) is 4.98. The number of rotatable bonds is 7. The molecule has 0 radical (unpaired) electrons. The molecule has 9 nitrogen and oxygen atoms in total. The molecule has 3 aromatic heterocycles. The number of imidazole rings is 1. The van der Waals surface area contributed by atoms with Crippen LogP contribution in [0.25, 0.3) is 11.1 Å². The smallest absolute Gasteiger partial charge is 0.254 e. The van der Waals surface area contributed by atoms with E-state index in [1.807, 2.05) is 51.1 Å². The van der Waals surface area contributed by atoms with Crippen LogP contribution in [0.3, 0.4) is 0 Å². The molecule has 0 fully saturated rings. The molecule has 1 atom stereocenters. The van der Waals surface area contributed by atoms with E-state index in [4.69, 9.17) is 4.74 Å². The van der Waals surface area contributed by atoms with Crippen molar-refractivity contribution in [2.45, 2.75) is 46.7 Å². The summed E-state index contributed by atoms with van der Waals surface area (Å²) in [6.07, 6.45) is 7.85. The van der Waals surface area contributed by atoms with Crippen LogP contribution in [0.2, 0.25) is 0 Å². The summed E-state index contributed by atoms with van der Waals surface area (Å²) in [6, 6.07) is 7.78. The largest absolute Gasteiger partial charge is 0.492 e. The van der Waals surface area contributed by atoms with E-state index in [0.29, 0.717) is 48.7 Å². The highest BCUT2D eigenvalue weighted by atomic mass is 16.5. The third kappa shape index (κ3) is 4.47. The number of hydrogen-bond acceptors (Lipinski definition) is 6. The number of amides is 1. The van der Waals surface area contributed by atoms with Crippen molar-refractivity contribution in [3.63, 3.8) is 0 Å². The number of nitrogens with zero attached hydrogens (tertiary/aromatic N) is 6. The Balaban J connectivity index is 1.54. The molecule has 0 aliphatic carbocycles. The van der Waals surface area contributed by atoms with Gasteiger partial charge in [-0.25, -0.2) is 4.98 Å². The number of aromatic nitrogens is 5. The Labute approximate surface area is 215 Å². The maximum Gasteiger partial charge on any atom is 0.254 e. The van der Waals surface area contributed by atoms with Crippen molar-refractivity contribution in [2.24, 2.45) is 0 Å². The Morgan fingerprint density at radius 3 is 2.68 bits per heavy atom. The summed E-state index contributed by atoms with van der Waals surface area (Å²) in [5.74, 6) is 1.37. The van der Waals surface area contributed by atoms with Crippen molar-refractivity contribution in [1.29, 1.82) is 5.26 Å². The summed E-state index contributed by atoms with van der Waals surface area (Å²) < 4.78 is 7.72. The zero-order chi connectivity index (χ0) is 26.1. The van der Waals surface area contributed by atoms with Gasteiger partial charge in [0.2, 0.25) is 0 Å². The minimum Gasteiger partial charge on any atom is -0.492 e. The second kappa shape index (κ2) is 9.90. The van der Waals surface area contributed by atoms with E-state index in [2.05, 4.69) is 36.9 Å². The number of benzene rings is 1. The van der Waals surface area contributed by atoms with Gasteiger partial charge in [0.15, 0.2) is 0 Å². The summed E-state index contributed by atoms with van der Waals surface area (Å²) >= 11 is 0. The standard InChI is InChI=1S/C28H29N7O2/c1-5-37-27-12-26(31-14-21(27)13-29)18(3)35-8-6-22-23(25-15-32-33-17(25)2)10-20(11-24(22)28(35)36)16-34-9-7-30-19(34)4/h7,9-12,14-15,18H,5-6,8,16H2,1-4H3,(H,32,33)/t18-/m0/s1. The highest BCUT2D eigenvalue weighted by molar-refractivity contribution is 5.99. The van der Waals surface area contributed by atoms with Crippen LogP contribution in [0, 0.1) is 25.2 Å². The number of nitriles is 1. The van der Waals surface area contributed by atoms with Gasteiger partial charge in [0.05, 0.1) is 24.0 Å². The highest BCUT2D eigenvalue weighted by Crippen LogP contribution is 2.36. The average molecular weight is 496 g/mol. The van der Waals surface area contributed by atoms with Crippen molar-refractivity contribution in [2.75, 3.05) is 13.2 Å². The molecule has 1 aliphatic rings. The van der Waals surface area contributed by atoms with Gasteiger partial charge in [-0.1, -0.05) is 0 Å². The predicted octanol–water partition coefficient (Wildman–Crippen LogP) is 4.36. The van der Waals surface area contributed by atoms with Crippen molar-refractivity contribution in [3.8, 4) is 22.9 Å². The Hall–Kier alpha value is -4.45. The molecule has 0 saturated heterocycles. The third-order valence-electron chi connectivity index (χ3n) is 7.00. The minimum atomic E-state index is -0.286. The molecule has 9 heteroatoms. The van der Waals surface area contributed by atoms with Crippen molar-refractivity contribution in [1.82, 2.24) is 29.6 Å². The van der Waals surface area contributed by atoms with E-state index in [1.165, 1.54) is 6.20 Å². The van der Waals surface area contributed by atoms with Crippen molar-refractivity contribution < 1.29 is 9.53 Å². The van der Waals surface area contributed by atoms with Gasteiger partial charge in [-0.3, -0.25) is 14.9 Å². The fourth-order valence-electron chi connectivity index (χ4n) is 4.98. The van der Waals surface area contributed by atoms with Crippen molar-refractivity contribution in [3.05, 3.63) is 82.5 Å². The molecule has 5 rings (SSSR count). The van der Waals surface area contributed by atoms with E-state index in [-0.39, 0.29) is 11.9 Å². The van der Waals surface area contributed by atoms with Crippen LogP contribution in [-0.2, 0) is 13.0 Å². The summed E-state index contributed by atoms with van der Waals surface area (Å²) in [5.41, 5.74) is 6.76. The second-order valence-corrected chi connectivity index (χ2v) is 9.23. The quantitative estimate of drug-likeness (QED) is 0.408. The zero-order valence-electron chi connectivity index (χ0n) is 21.4. The number of carbonyl (C=O) groups excluding carboxylic acids is 1. The van der Waals surface area contributed by atoms with Crippen LogP contribution >= 0.6 is 0 Å². The van der Waals surface area contributed by atoms with E-state index in [9.17, 15) is 10.1 Å². The lowest BCUT2D eigenvalue weighted by molar-refractivity contribution is 0.0669. The maximum atomic E-state index is 14.0. The molecule has 1 amide bonds. The third-order valence-corrected chi connectivity index (χ3v) is 7.00. The molecule has 37 heavy (non-hydrogen) atoms. The van der Waals surface area contributed by atoms with Crippen LogP contribution in [0.1, 0.15) is 64.1 Å². The first-order chi connectivity index (χ1) is 17.9. The zero-order valence-corrected chi connectivity index (χ0v) is 21.4. The second-order valence-electron chi connectivity index (χ2n) is 9.23. The first-order valence-corrected chi connectivity index (χ1v) is 12.4. The van der Waals surface area contributed by atoms with Gasteiger partial charge < -0.3 is 14.2 Å². The van der Waals surface area contributed by atoms with Gasteiger partial charge >= 0.3 is 0 Å². The number of pyridine rings is 1. The topological polar surface area (TPSA) is 113 Å². The van der Waals surface area contributed by atoms with E-state index in [0.717, 1.165) is 33.8 Å². The monoisotopic (exact) mass is 495 g/mol. The van der Waals surface area contributed by atoms with Crippen LogP contribution in [0.15, 0.2) is 43.0 Å². The molecule has 4 heterocycles. The Morgan fingerprint density at radius 2 is 2.00 bits per heavy atom. The molecular weight excluding hydrogens is 466 g/mol. The molecule has 4 aromatic rings. The van der Waals surface area contributed by atoms with E-state index >= 15 is 0 Å². The molecule has 0 saturated carbocycles. The van der Waals surface area contributed by atoms with Crippen molar-refractivity contribution >= 4 is 5.91 Å². The van der Waals surface area contributed by atoms with Gasteiger partial charge in [0.1, 0.15) is 23.2 Å². The number of aromatic amines is 1. The van der Waals surface area contributed by atoms with Crippen LogP contribution in [0.4, 0.5) is 0 Å². The highest BCUT2D eigenvalue weighted by Gasteiger charge is 2.32. The van der Waals surface area contributed by atoms with Gasteiger partial charge in [-0.05, 0) is 62.9 Å². The number of hydrogen-bond donors (Lipinski definition) is 1. The number of carbonyl (C=O) groups is 1. The minimum absolute atomic E-state index is 0.0375. The molecule has 188 valence electrons. The SMILES string of the molecule is CCOc1cc([C@H](C)N2CCc3c(cc(Cn4ccnc4C)cc3-c3c[nH]nc3C)C2=O)ncc1C#N. The van der Waals surface area contributed by atoms with Gasteiger partial charge in [-0.2, -0.15) is 10.4 Å². The molecule has 1 aliphatic heterocycles. The number of nitrogens with one attached hydrogen (secondary N) is 1. The van der Waals surface area contributed by atoms with Gasteiger partial charge in [-0.15, -0.1) is 0 Å². The number of H-pyrrole nitrogens is 1. The average Bonchev–Trinajstić information content (AvgIpc) is 3.51. The summed E-state index contributed by atoms with van der Waals surface area (Å²) in [5, 5.41) is 16.7. The molecule has 0 bridgehead atoms. The Bertz CT molecular complexity index is 1510. The first-order valence-electron chi connectivity index (χ1n) is 12.4. The number of fused-ring (bicyclic) bond motifs is 1. The molecule has 1 N–H and O–H groups in total. The number of ether oxygens (including phenoxy) is 1. The molecular formula is C28H29N7O2. The first kappa shape index (κ1) is 24.3. The Morgan fingerprint density at radius 1 is 1.19 bits per heavy atom. The van der Waals surface area contributed by atoms with Crippen LogP contribution in [-0.4, -0.2) is 48.7 Å². The van der Waals surface area contributed by atoms with Crippen LogP contribution < -0.4 is 4.74 Å². The Kier molecular flexibility index (Phi) is 6.49. The molecule has 0 unspecified atom stereocenters. The summed E-state index contributed by atoms with van der Waals surface area (Å²) in [4.78, 5) is 24.6. The predicted molar refractivity (Wildman–Crippen MR) is 138 cm³/mol. The lowest BCUT2D eigenvalue weighted by Gasteiger charge is -2.34. The van der Waals surface area contributed by atoms with Crippen LogP contribution in [0.5, 0.6) is 5.75 Å². The summed E-state index contributed by atoms with van der Waals surface area (Å²) in [7, 11) is 0. The van der Waals surface area contributed by atoms with Gasteiger partial charge in [0.25, 0.3) is 5.91 Å². The normalized spacial score (nSPS) is 13.8. The van der Waals surface area contributed by atoms with E-state index < -0.39 is 0 Å². The van der Waals surface area contributed by atoms with E-state index in [1.54, 1.807) is 12.3 Å². The fraction of sp³-hybridized carbons (Fsp3) is 0.321. The summed E-state index contributed by atoms with van der Waals surface area (Å²) in [6.45, 7) is 9.39. The lowest BCUT2D eigenvalue weighted by atomic mass is 9.87. The lowest BCUT2D eigenvalue weighted by Crippen LogP contribution is -2.40. The molecule has 0 spiro atoms. The maximum absolute atomic E-state index is 14.0. The van der Waals surface area contributed by atoms with Gasteiger partial charge in [0, 0.05) is 55.1 Å².